The van der Waals surface area contributed by atoms with E-state index in [2.05, 4.69) is 183 Å². The Morgan fingerprint density at radius 2 is 1.08 bits per heavy atom. The number of aryl methyl sites for hydroxylation is 1. The number of hydrogen-bond acceptors (Lipinski definition) is 1. The first-order valence-electron chi connectivity index (χ1n) is 18.8. The van der Waals surface area contributed by atoms with E-state index < -0.39 is 0 Å². The molecule has 2 aliphatic carbocycles. The van der Waals surface area contributed by atoms with Crippen molar-refractivity contribution < 1.29 is 0 Å². The second kappa shape index (κ2) is 12.1. The molecule has 2 aliphatic rings. The van der Waals surface area contributed by atoms with Gasteiger partial charge in [0.05, 0.1) is 0 Å². The zero-order valence-corrected chi connectivity index (χ0v) is 29.9. The molecule has 0 aromatic heterocycles. The second-order valence-electron chi connectivity index (χ2n) is 15.2. The summed E-state index contributed by atoms with van der Waals surface area (Å²) in [6.45, 7) is 4.79. The van der Waals surface area contributed by atoms with Gasteiger partial charge in [0.15, 0.2) is 0 Å². The number of nitrogens with zero attached hydrogens (tertiary/aromatic N) is 1. The van der Waals surface area contributed by atoms with Crippen LogP contribution in [0.15, 0.2) is 164 Å². The fourth-order valence-electron chi connectivity index (χ4n) is 9.19. The van der Waals surface area contributed by atoms with Gasteiger partial charge in [-0.25, -0.2) is 0 Å². The van der Waals surface area contributed by atoms with E-state index in [1.165, 1.54) is 109 Å². The van der Waals surface area contributed by atoms with Crippen LogP contribution in [0.4, 0.5) is 17.1 Å². The van der Waals surface area contributed by atoms with Gasteiger partial charge in [-0.3, -0.25) is 0 Å². The normalized spacial score (nSPS) is 14.2. The third-order valence-corrected chi connectivity index (χ3v) is 11.8. The van der Waals surface area contributed by atoms with Gasteiger partial charge >= 0.3 is 0 Å². The average Bonchev–Trinajstić information content (AvgIpc) is 3.44. The molecule has 0 atom stereocenters. The van der Waals surface area contributed by atoms with Crippen molar-refractivity contribution >= 4 is 38.6 Å². The molecule has 250 valence electrons. The SMILES string of the molecule is CC1(C)c2cc(N(c3ccc(-c4ccc5ccccc5c4)cc3)c3ccc(-c4cccc5c4CCCC5)cc3)ccc2-c2ccc3ccccc3c21. The predicted molar refractivity (Wildman–Crippen MR) is 221 cm³/mol. The molecule has 0 N–H and O–H groups in total. The minimum Gasteiger partial charge on any atom is -0.310 e. The largest absolute Gasteiger partial charge is 0.310 e. The highest BCUT2D eigenvalue weighted by Gasteiger charge is 2.37. The number of benzene rings is 8. The van der Waals surface area contributed by atoms with Gasteiger partial charge < -0.3 is 4.90 Å². The summed E-state index contributed by atoms with van der Waals surface area (Å²) in [5.74, 6) is 0. The minimum absolute atomic E-state index is 0.136. The molecule has 0 saturated heterocycles. The molecule has 0 unspecified atom stereocenters. The summed E-state index contributed by atoms with van der Waals surface area (Å²) in [5.41, 5.74) is 17.0. The Kier molecular flexibility index (Phi) is 7.18. The average molecular weight is 668 g/mol. The first-order valence-corrected chi connectivity index (χ1v) is 18.8. The maximum Gasteiger partial charge on any atom is 0.0465 e. The lowest BCUT2D eigenvalue weighted by Gasteiger charge is -2.29. The molecule has 0 bridgehead atoms. The van der Waals surface area contributed by atoms with Crippen molar-refractivity contribution in [2.24, 2.45) is 0 Å². The third kappa shape index (κ3) is 4.99. The third-order valence-electron chi connectivity index (χ3n) is 11.8. The van der Waals surface area contributed by atoms with Crippen molar-refractivity contribution in [1.29, 1.82) is 0 Å². The van der Waals surface area contributed by atoms with Crippen molar-refractivity contribution in [2.75, 3.05) is 4.90 Å². The number of hydrogen-bond donors (Lipinski definition) is 0. The molecule has 0 radical (unpaired) electrons. The van der Waals surface area contributed by atoms with E-state index in [0.717, 1.165) is 11.4 Å². The molecule has 0 saturated carbocycles. The molecule has 8 aromatic carbocycles. The molecule has 52 heavy (non-hydrogen) atoms. The fraction of sp³-hybridized carbons (Fsp3) is 0.137. The fourth-order valence-corrected chi connectivity index (χ4v) is 9.19. The van der Waals surface area contributed by atoms with Crippen LogP contribution in [-0.4, -0.2) is 0 Å². The van der Waals surface area contributed by atoms with Gasteiger partial charge in [-0.05, 0) is 145 Å². The zero-order chi connectivity index (χ0) is 34.8. The number of rotatable bonds is 5. The topological polar surface area (TPSA) is 3.24 Å². The van der Waals surface area contributed by atoms with Crippen LogP contribution in [0.1, 0.15) is 48.9 Å². The van der Waals surface area contributed by atoms with Crippen molar-refractivity contribution in [3.63, 3.8) is 0 Å². The Bertz CT molecular complexity index is 2640. The highest BCUT2D eigenvalue weighted by Crippen LogP contribution is 2.53. The van der Waals surface area contributed by atoms with Crippen LogP contribution in [0.5, 0.6) is 0 Å². The highest BCUT2D eigenvalue weighted by atomic mass is 15.1. The molecule has 8 aromatic rings. The summed E-state index contributed by atoms with van der Waals surface area (Å²) < 4.78 is 0. The monoisotopic (exact) mass is 667 g/mol. The minimum atomic E-state index is -0.136. The summed E-state index contributed by atoms with van der Waals surface area (Å²) in [4.78, 5) is 2.44. The molecule has 0 heterocycles. The van der Waals surface area contributed by atoms with Crippen LogP contribution < -0.4 is 4.90 Å². The van der Waals surface area contributed by atoms with E-state index in [1.54, 1.807) is 0 Å². The van der Waals surface area contributed by atoms with Crippen molar-refractivity contribution in [1.82, 2.24) is 0 Å². The van der Waals surface area contributed by atoms with E-state index in [4.69, 9.17) is 0 Å². The van der Waals surface area contributed by atoms with Gasteiger partial charge in [0.2, 0.25) is 0 Å². The van der Waals surface area contributed by atoms with Gasteiger partial charge in [0.1, 0.15) is 0 Å². The first-order chi connectivity index (χ1) is 25.5. The summed E-state index contributed by atoms with van der Waals surface area (Å²) in [5, 5.41) is 5.18. The quantitative estimate of drug-likeness (QED) is 0.177. The lowest BCUT2D eigenvalue weighted by Crippen LogP contribution is -2.17. The summed E-state index contributed by atoms with van der Waals surface area (Å²) in [6.07, 6.45) is 4.94. The van der Waals surface area contributed by atoms with Crippen LogP contribution in [0.3, 0.4) is 0 Å². The first kappa shape index (κ1) is 30.9. The molecule has 1 nitrogen and oxygen atoms in total. The molecular weight excluding hydrogens is 627 g/mol. The molecular formula is C51H41N. The van der Waals surface area contributed by atoms with Crippen molar-refractivity contribution in [3.8, 4) is 33.4 Å². The Balaban J connectivity index is 1.08. The maximum absolute atomic E-state index is 2.45. The lowest BCUT2D eigenvalue weighted by atomic mass is 9.80. The molecule has 0 amide bonds. The van der Waals surface area contributed by atoms with E-state index in [-0.39, 0.29) is 5.41 Å². The molecule has 0 aliphatic heterocycles. The summed E-state index contributed by atoms with van der Waals surface area (Å²) >= 11 is 0. The maximum atomic E-state index is 2.45. The lowest BCUT2D eigenvalue weighted by molar-refractivity contribution is 0.666. The Morgan fingerprint density at radius 1 is 0.442 bits per heavy atom. The van der Waals surface area contributed by atoms with Gasteiger partial charge in [-0.15, -0.1) is 0 Å². The molecule has 10 rings (SSSR count). The van der Waals surface area contributed by atoms with Crippen LogP contribution in [0.25, 0.3) is 54.9 Å². The van der Waals surface area contributed by atoms with Crippen molar-refractivity contribution in [3.05, 3.63) is 186 Å². The van der Waals surface area contributed by atoms with Crippen LogP contribution in [0, 0.1) is 0 Å². The second-order valence-corrected chi connectivity index (χ2v) is 15.2. The molecule has 0 fully saturated rings. The Labute approximate surface area is 306 Å². The smallest absolute Gasteiger partial charge is 0.0465 e. The van der Waals surface area contributed by atoms with E-state index in [9.17, 15) is 0 Å². The Morgan fingerprint density at radius 3 is 1.88 bits per heavy atom. The van der Waals surface area contributed by atoms with E-state index in [1.807, 2.05) is 0 Å². The standard InChI is InChI=1S/C51H41N/c1-51(2)49-33-43(29-31-47(49)48-30-24-37-12-6-8-16-46(37)50(48)51)52(41-25-20-35(21-26-41)40-19-18-34-10-3-4-13-39(34)32-40)42-27-22-38(23-28-42)45-17-9-14-36-11-5-7-15-44(36)45/h3-4,6,8-10,12-14,16-33H,5,7,11,15H2,1-2H3. The van der Waals surface area contributed by atoms with Crippen LogP contribution in [0.2, 0.25) is 0 Å². The van der Waals surface area contributed by atoms with Crippen LogP contribution in [-0.2, 0) is 18.3 Å². The summed E-state index contributed by atoms with van der Waals surface area (Å²) in [7, 11) is 0. The number of fused-ring (bicyclic) bond motifs is 7. The van der Waals surface area contributed by atoms with Gasteiger partial charge in [0.25, 0.3) is 0 Å². The van der Waals surface area contributed by atoms with Crippen molar-refractivity contribution in [2.45, 2.75) is 44.9 Å². The predicted octanol–water partition coefficient (Wildman–Crippen LogP) is 14.0. The molecule has 0 spiro atoms. The van der Waals surface area contributed by atoms with Gasteiger partial charge in [0, 0.05) is 22.5 Å². The number of anilines is 3. The Hall–Kier alpha value is -5.92. The van der Waals surface area contributed by atoms with E-state index in [0.29, 0.717) is 0 Å². The van der Waals surface area contributed by atoms with Gasteiger partial charge in [-0.2, -0.15) is 0 Å². The summed E-state index contributed by atoms with van der Waals surface area (Å²) in [6, 6.07) is 61.2. The highest BCUT2D eigenvalue weighted by molar-refractivity contribution is 5.98. The zero-order valence-electron chi connectivity index (χ0n) is 29.9. The van der Waals surface area contributed by atoms with Gasteiger partial charge in [-0.1, -0.05) is 135 Å². The van der Waals surface area contributed by atoms with E-state index >= 15 is 0 Å². The molecule has 1 heteroatoms. The van der Waals surface area contributed by atoms with Crippen LogP contribution >= 0.6 is 0 Å².